The molecule has 0 aliphatic heterocycles. The first-order valence-corrected chi connectivity index (χ1v) is 6.80. The van der Waals surface area contributed by atoms with Gasteiger partial charge in [-0.1, -0.05) is 22.0 Å². The average Bonchev–Trinajstić information content (AvgIpc) is 2.41. The molecule has 0 aromatic heterocycles. The van der Waals surface area contributed by atoms with Gasteiger partial charge in [0.1, 0.15) is 17.3 Å². The SMILES string of the molecule is CNC(C)c1c(F)cccc1Oc1ccc(Br)cc1. The van der Waals surface area contributed by atoms with Crippen molar-refractivity contribution >= 4 is 15.9 Å². The Kier molecular flexibility index (Phi) is 4.56. The molecule has 2 nitrogen and oxygen atoms in total. The summed E-state index contributed by atoms with van der Waals surface area (Å²) in [6.07, 6.45) is 0. The molecule has 19 heavy (non-hydrogen) atoms. The second-order valence-corrected chi connectivity index (χ2v) is 5.13. The molecule has 1 unspecified atom stereocenters. The maximum Gasteiger partial charge on any atom is 0.135 e. The molecule has 0 amide bonds. The zero-order valence-electron chi connectivity index (χ0n) is 10.8. The van der Waals surface area contributed by atoms with Gasteiger partial charge in [-0.25, -0.2) is 4.39 Å². The standard InChI is InChI=1S/C15H15BrFNO/c1-10(18-2)15-13(17)4-3-5-14(15)19-12-8-6-11(16)7-9-12/h3-10,18H,1-2H3. The van der Waals surface area contributed by atoms with Gasteiger partial charge in [0.05, 0.1) is 0 Å². The van der Waals surface area contributed by atoms with Gasteiger partial charge in [-0.2, -0.15) is 0 Å². The summed E-state index contributed by atoms with van der Waals surface area (Å²) < 4.78 is 20.7. The lowest BCUT2D eigenvalue weighted by Crippen LogP contribution is -2.14. The maximum atomic E-state index is 13.9. The first-order chi connectivity index (χ1) is 9.11. The van der Waals surface area contributed by atoms with E-state index in [1.54, 1.807) is 19.2 Å². The summed E-state index contributed by atoms with van der Waals surface area (Å²) in [4.78, 5) is 0. The molecule has 1 atom stereocenters. The highest BCUT2D eigenvalue weighted by Crippen LogP contribution is 2.31. The van der Waals surface area contributed by atoms with E-state index in [4.69, 9.17) is 4.74 Å². The van der Waals surface area contributed by atoms with Crippen LogP contribution in [0.5, 0.6) is 11.5 Å². The average molecular weight is 324 g/mol. The second-order valence-electron chi connectivity index (χ2n) is 4.22. The fraction of sp³-hybridized carbons (Fsp3) is 0.200. The van der Waals surface area contributed by atoms with Gasteiger partial charge in [-0.05, 0) is 50.4 Å². The zero-order chi connectivity index (χ0) is 13.8. The quantitative estimate of drug-likeness (QED) is 0.883. The van der Waals surface area contributed by atoms with Gasteiger partial charge in [0, 0.05) is 16.1 Å². The van der Waals surface area contributed by atoms with Crippen LogP contribution in [-0.2, 0) is 0 Å². The summed E-state index contributed by atoms with van der Waals surface area (Å²) >= 11 is 3.37. The van der Waals surface area contributed by atoms with E-state index in [-0.39, 0.29) is 11.9 Å². The lowest BCUT2D eigenvalue weighted by molar-refractivity contribution is 0.452. The van der Waals surface area contributed by atoms with Crippen molar-refractivity contribution in [2.75, 3.05) is 7.05 Å². The number of rotatable bonds is 4. The summed E-state index contributed by atoms with van der Waals surface area (Å²) in [6, 6.07) is 12.2. The van der Waals surface area contributed by atoms with Crippen molar-refractivity contribution in [1.29, 1.82) is 0 Å². The zero-order valence-corrected chi connectivity index (χ0v) is 12.4. The number of halogens is 2. The van der Waals surface area contributed by atoms with Crippen molar-refractivity contribution in [3.05, 3.63) is 58.3 Å². The molecule has 0 radical (unpaired) electrons. The first-order valence-electron chi connectivity index (χ1n) is 6.01. The Bertz CT molecular complexity index is 557. The van der Waals surface area contributed by atoms with Crippen LogP contribution in [0.15, 0.2) is 46.9 Å². The van der Waals surface area contributed by atoms with Crippen LogP contribution in [0, 0.1) is 5.82 Å². The molecule has 0 saturated heterocycles. The van der Waals surface area contributed by atoms with Crippen LogP contribution in [0.4, 0.5) is 4.39 Å². The highest BCUT2D eigenvalue weighted by Gasteiger charge is 2.15. The minimum Gasteiger partial charge on any atom is -0.457 e. The topological polar surface area (TPSA) is 21.3 Å². The molecule has 0 fully saturated rings. The van der Waals surface area contributed by atoms with E-state index in [2.05, 4.69) is 21.2 Å². The molecule has 2 aromatic carbocycles. The van der Waals surface area contributed by atoms with Gasteiger partial charge >= 0.3 is 0 Å². The Morgan fingerprint density at radius 2 is 1.84 bits per heavy atom. The van der Waals surface area contributed by atoms with E-state index in [0.29, 0.717) is 17.1 Å². The van der Waals surface area contributed by atoms with Crippen molar-refractivity contribution in [3.8, 4) is 11.5 Å². The number of hydrogen-bond acceptors (Lipinski definition) is 2. The van der Waals surface area contributed by atoms with E-state index in [1.165, 1.54) is 6.07 Å². The Balaban J connectivity index is 2.34. The second kappa shape index (κ2) is 6.17. The molecule has 2 aromatic rings. The number of ether oxygens (including phenoxy) is 1. The number of hydrogen-bond donors (Lipinski definition) is 1. The van der Waals surface area contributed by atoms with Crippen molar-refractivity contribution in [2.45, 2.75) is 13.0 Å². The maximum absolute atomic E-state index is 13.9. The third kappa shape index (κ3) is 3.33. The minimum absolute atomic E-state index is 0.119. The fourth-order valence-corrected chi connectivity index (χ4v) is 2.06. The largest absolute Gasteiger partial charge is 0.457 e. The fourth-order valence-electron chi connectivity index (χ4n) is 1.80. The van der Waals surface area contributed by atoms with Gasteiger partial charge < -0.3 is 10.1 Å². The molecule has 0 saturated carbocycles. The van der Waals surface area contributed by atoms with Crippen molar-refractivity contribution in [2.24, 2.45) is 0 Å². The summed E-state index contributed by atoms with van der Waals surface area (Å²) in [7, 11) is 1.79. The summed E-state index contributed by atoms with van der Waals surface area (Å²) in [6.45, 7) is 1.90. The van der Waals surface area contributed by atoms with Crippen LogP contribution in [0.2, 0.25) is 0 Å². The summed E-state index contributed by atoms with van der Waals surface area (Å²) in [5.74, 6) is 0.944. The van der Waals surface area contributed by atoms with Gasteiger partial charge in [0.25, 0.3) is 0 Å². The molecule has 100 valence electrons. The first kappa shape index (κ1) is 14.0. The summed E-state index contributed by atoms with van der Waals surface area (Å²) in [5, 5.41) is 3.03. The number of benzene rings is 2. The van der Waals surface area contributed by atoms with Crippen LogP contribution in [0.1, 0.15) is 18.5 Å². The number of nitrogens with one attached hydrogen (secondary N) is 1. The van der Waals surface area contributed by atoms with Crippen molar-refractivity contribution in [1.82, 2.24) is 5.32 Å². The molecule has 2 rings (SSSR count). The van der Waals surface area contributed by atoms with Crippen LogP contribution in [0.25, 0.3) is 0 Å². The molecule has 0 heterocycles. The van der Waals surface area contributed by atoms with Gasteiger partial charge in [0.15, 0.2) is 0 Å². The van der Waals surface area contributed by atoms with Crippen LogP contribution >= 0.6 is 15.9 Å². The van der Waals surface area contributed by atoms with Crippen molar-refractivity contribution < 1.29 is 9.13 Å². The predicted molar refractivity (Wildman–Crippen MR) is 78.1 cm³/mol. The Hall–Kier alpha value is -1.39. The van der Waals surface area contributed by atoms with Crippen LogP contribution in [0.3, 0.4) is 0 Å². The van der Waals surface area contributed by atoms with Crippen LogP contribution in [-0.4, -0.2) is 7.05 Å². The minimum atomic E-state index is -0.267. The van der Waals surface area contributed by atoms with Gasteiger partial charge in [-0.15, -0.1) is 0 Å². The van der Waals surface area contributed by atoms with E-state index in [1.807, 2.05) is 31.2 Å². The smallest absolute Gasteiger partial charge is 0.135 e. The Morgan fingerprint density at radius 1 is 1.16 bits per heavy atom. The van der Waals surface area contributed by atoms with E-state index in [9.17, 15) is 4.39 Å². The monoisotopic (exact) mass is 323 g/mol. The Labute approximate surface area is 120 Å². The highest BCUT2D eigenvalue weighted by molar-refractivity contribution is 9.10. The Morgan fingerprint density at radius 3 is 2.47 bits per heavy atom. The van der Waals surface area contributed by atoms with Gasteiger partial charge in [-0.3, -0.25) is 0 Å². The molecule has 4 heteroatoms. The molecular weight excluding hydrogens is 309 g/mol. The normalized spacial score (nSPS) is 12.2. The molecular formula is C15H15BrFNO. The third-order valence-corrected chi connectivity index (χ3v) is 3.45. The predicted octanol–water partition coefficient (Wildman–Crippen LogP) is 4.66. The molecule has 0 bridgehead atoms. The van der Waals surface area contributed by atoms with E-state index >= 15 is 0 Å². The summed E-state index contributed by atoms with van der Waals surface area (Å²) in [5.41, 5.74) is 0.535. The molecule has 0 spiro atoms. The van der Waals surface area contributed by atoms with Crippen LogP contribution < -0.4 is 10.1 Å². The molecule has 1 N–H and O–H groups in total. The van der Waals surface area contributed by atoms with E-state index in [0.717, 1.165) is 4.47 Å². The highest BCUT2D eigenvalue weighted by atomic mass is 79.9. The lowest BCUT2D eigenvalue weighted by Gasteiger charge is -2.17. The third-order valence-electron chi connectivity index (χ3n) is 2.92. The molecule has 0 aliphatic carbocycles. The lowest BCUT2D eigenvalue weighted by atomic mass is 10.1. The van der Waals surface area contributed by atoms with E-state index < -0.39 is 0 Å². The van der Waals surface area contributed by atoms with Gasteiger partial charge in [0.2, 0.25) is 0 Å². The molecule has 0 aliphatic rings. The van der Waals surface area contributed by atoms with Crippen molar-refractivity contribution in [3.63, 3.8) is 0 Å².